The molecule has 2 aromatic carbocycles. The quantitative estimate of drug-likeness (QED) is 0.279. The Bertz CT molecular complexity index is 1510. The van der Waals surface area contributed by atoms with Gasteiger partial charge in [-0.25, -0.2) is 4.79 Å². The van der Waals surface area contributed by atoms with Crippen molar-refractivity contribution in [2.45, 2.75) is 25.0 Å². The van der Waals surface area contributed by atoms with Gasteiger partial charge in [0.25, 0.3) is 5.91 Å². The number of fused-ring (bicyclic) bond motifs is 1. The number of carboxylic acids is 1. The Labute approximate surface area is 232 Å². The average Bonchev–Trinajstić information content (AvgIpc) is 3.39. The van der Waals surface area contributed by atoms with Crippen LogP contribution in [-0.4, -0.2) is 58.6 Å². The summed E-state index contributed by atoms with van der Waals surface area (Å²) in [6, 6.07) is 12.3. The maximum absolute atomic E-state index is 12.8. The van der Waals surface area contributed by atoms with Crippen LogP contribution < -0.4 is 20.7 Å². The fourth-order valence-corrected chi connectivity index (χ4v) is 4.33. The predicted octanol–water partition coefficient (Wildman–Crippen LogP) is 3.86. The normalized spacial score (nSPS) is 16.3. The molecular formula is C26H21F6N5O5. The van der Waals surface area contributed by atoms with E-state index >= 15 is 0 Å². The number of carbonyl (C=O) groups excluding carboxylic acids is 2. The molecule has 42 heavy (non-hydrogen) atoms. The Morgan fingerprint density at radius 2 is 1.74 bits per heavy atom. The number of nitrogens with zero attached hydrogens (tertiary/aromatic N) is 1. The first-order valence-electron chi connectivity index (χ1n) is 12.0. The van der Waals surface area contributed by atoms with Gasteiger partial charge in [0.15, 0.2) is 5.78 Å². The third kappa shape index (κ3) is 7.25. The highest BCUT2D eigenvalue weighted by atomic mass is 19.4. The molecule has 3 heterocycles. The lowest BCUT2D eigenvalue weighted by molar-refractivity contribution is -0.274. The Morgan fingerprint density at radius 3 is 2.38 bits per heavy atom. The molecule has 0 spiro atoms. The fraction of sp³-hybridized carbons (Fsp3) is 0.231. The van der Waals surface area contributed by atoms with E-state index in [0.717, 1.165) is 16.8 Å². The van der Waals surface area contributed by atoms with E-state index in [1.54, 1.807) is 24.4 Å². The number of rotatable bonds is 5. The Morgan fingerprint density at radius 1 is 1.05 bits per heavy atom. The van der Waals surface area contributed by atoms with Gasteiger partial charge in [0.1, 0.15) is 11.6 Å². The molecule has 5 N–H and O–H groups in total. The van der Waals surface area contributed by atoms with Crippen LogP contribution in [0.3, 0.4) is 0 Å². The van der Waals surface area contributed by atoms with Crippen molar-refractivity contribution in [1.82, 2.24) is 20.8 Å². The molecule has 1 atom stereocenters. The van der Waals surface area contributed by atoms with E-state index < -0.39 is 18.5 Å². The highest BCUT2D eigenvalue weighted by molar-refractivity contribution is 6.02. The molecule has 0 bridgehead atoms. The molecule has 2 aliphatic heterocycles. The molecule has 0 fully saturated rings. The van der Waals surface area contributed by atoms with Crippen molar-refractivity contribution in [3.05, 3.63) is 88.3 Å². The smallest absolute Gasteiger partial charge is 0.475 e. The maximum Gasteiger partial charge on any atom is 0.573 e. The fourth-order valence-electron chi connectivity index (χ4n) is 4.33. The number of Topliss-reactive ketones (excluding diaryl/α,β-unsaturated/α-hetero) is 1. The number of aromatic nitrogens is 2. The lowest BCUT2D eigenvalue weighted by Crippen LogP contribution is -2.39. The van der Waals surface area contributed by atoms with Crippen LogP contribution in [0.25, 0.3) is 0 Å². The van der Waals surface area contributed by atoms with Crippen LogP contribution in [-0.2, 0) is 16.1 Å². The summed E-state index contributed by atoms with van der Waals surface area (Å²) in [7, 11) is 0. The molecule has 16 heteroatoms. The van der Waals surface area contributed by atoms with Crippen LogP contribution in [0.5, 0.6) is 5.75 Å². The zero-order chi connectivity index (χ0) is 30.7. The number of ketones is 1. The maximum atomic E-state index is 12.8. The number of carbonyl (C=O) groups is 3. The van der Waals surface area contributed by atoms with E-state index in [2.05, 4.69) is 30.9 Å². The summed E-state index contributed by atoms with van der Waals surface area (Å²) >= 11 is 0. The number of benzene rings is 2. The van der Waals surface area contributed by atoms with Gasteiger partial charge in [0, 0.05) is 41.4 Å². The van der Waals surface area contributed by atoms with Gasteiger partial charge in [-0.1, -0.05) is 24.3 Å². The molecule has 1 amide bonds. The lowest BCUT2D eigenvalue weighted by Gasteiger charge is -2.32. The van der Waals surface area contributed by atoms with Crippen LogP contribution in [0.15, 0.2) is 66.0 Å². The summed E-state index contributed by atoms with van der Waals surface area (Å²) < 4.78 is 72.5. The van der Waals surface area contributed by atoms with E-state index in [1.165, 1.54) is 24.3 Å². The number of aliphatic carboxylic acids is 1. The Hall–Kier alpha value is -4.86. The second-order valence-electron chi connectivity index (χ2n) is 8.98. The van der Waals surface area contributed by atoms with Crippen molar-refractivity contribution < 1.29 is 50.6 Å². The second kappa shape index (κ2) is 11.9. The number of nitrogens with one attached hydrogen (secondary N) is 4. The number of alkyl halides is 6. The molecule has 0 aliphatic carbocycles. The summed E-state index contributed by atoms with van der Waals surface area (Å²) in [6.45, 7) is 0.869. The van der Waals surface area contributed by atoms with Crippen molar-refractivity contribution >= 4 is 23.5 Å². The second-order valence-corrected chi connectivity index (χ2v) is 8.98. The molecule has 0 saturated heterocycles. The van der Waals surface area contributed by atoms with E-state index in [0.29, 0.717) is 29.1 Å². The standard InChI is InChI=1S/C24H20F3N5O3.C2HF3O2/c25-24(26,27)35-16-6-4-13(5-7-16)9-29-23(34)15-3-1-2-14(8-15)20-17-10-30-32-22(17)31-18-11-28-12-19(33)21(18)20;3-2(4,5)1(6)7/h1-8,10,20,28H,9,11-12H2,(H,29,34)(H2,30,31,32);(H,6,7). The van der Waals surface area contributed by atoms with E-state index in [1.807, 2.05) is 6.07 Å². The summed E-state index contributed by atoms with van der Waals surface area (Å²) in [6.07, 6.45) is -8.17. The van der Waals surface area contributed by atoms with Gasteiger partial charge < -0.3 is 25.8 Å². The van der Waals surface area contributed by atoms with Crippen molar-refractivity contribution in [1.29, 1.82) is 0 Å². The number of hydrogen-bond donors (Lipinski definition) is 5. The zero-order valence-corrected chi connectivity index (χ0v) is 21.2. The monoisotopic (exact) mass is 597 g/mol. The molecule has 3 aromatic rings. The minimum absolute atomic E-state index is 0.0246. The van der Waals surface area contributed by atoms with E-state index in [9.17, 15) is 35.9 Å². The van der Waals surface area contributed by atoms with Crippen molar-refractivity contribution in [3.8, 4) is 5.75 Å². The van der Waals surface area contributed by atoms with Crippen LogP contribution in [0.2, 0.25) is 0 Å². The molecule has 1 aromatic heterocycles. The van der Waals surface area contributed by atoms with Gasteiger partial charge in [0.05, 0.1) is 12.7 Å². The number of hydrogen-bond acceptors (Lipinski definition) is 7. The van der Waals surface area contributed by atoms with Gasteiger partial charge in [-0.3, -0.25) is 14.7 Å². The first-order chi connectivity index (χ1) is 19.7. The summed E-state index contributed by atoms with van der Waals surface area (Å²) in [5.74, 6) is -3.13. The van der Waals surface area contributed by atoms with Gasteiger partial charge in [-0.05, 0) is 35.4 Å². The molecule has 2 aliphatic rings. The first-order valence-corrected chi connectivity index (χ1v) is 12.0. The number of amides is 1. The molecule has 222 valence electrons. The summed E-state index contributed by atoms with van der Waals surface area (Å²) in [4.78, 5) is 34.5. The molecule has 0 saturated carbocycles. The number of anilines is 1. The SMILES string of the molecule is O=C(O)C(F)(F)F.O=C1CNCC2=C1C(c1cccc(C(=O)NCc3ccc(OC(F)(F)F)cc3)c1)c1cn[nH]c1N2. The van der Waals surface area contributed by atoms with Gasteiger partial charge >= 0.3 is 18.5 Å². The van der Waals surface area contributed by atoms with Crippen LogP contribution in [0.4, 0.5) is 32.2 Å². The molecule has 1 unspecified atom stereocenters. The Balaban J connectivity index is 0.000000517. The van der Waals surface area contributed by atoms with Gasteiger partial charge in [-0.2, -0.15) is 18.3 Å². The number of H-pyrrole nitrogens is 1. The largest absolute Gasteiger partial charge is 0.573 e. The van der Waals surface area contributed by atoms with E-state index in [-0.39, 0.29) is 36.4 Å². The number of halogens is 6. The Kier molecular flexibility index (Phi) is 8.56. The average molecular weight is 597 g/mol. The topological polar surface area (TPSA) is 145 Å². The number of aromatic amines is 1. The minimum Gasteiger partial charge on any atom is -0.475 e. The number of ether oxygens (including phenoxy) is 1. The lowest BCUT2D eigenvalue weighted by atomic mass is 9.79. The van der Waals surface area contributed by atoms with Crippen molar-refractivity contribution in [3.63, 3.8) is 0 Å². The minimum atomic E-state index is -5.08. The predicted molar refractivity (Wildman–Crippen MR) is 133 cm³/mol. The summed E-state index contributed by atoms with van der Waals surface area (Å²) in [5.41, 5.74) is 4.02. The van der Waals surface area contributed by atoms with Gasteiger partial charge in [0.2, 0.25) is 0 Å². The molecule has 5 rings (SSSR count). The molecular weight excluding hydrogens is 576 g/mol. The van der Waals surface area contributed by atoms with E-state index in [4.69, 9.17) is 9.90 Å². The van der Waals surface area contributed by atoms with Crippen LogP contribution in [0.1, 0.15) is 33.0 Å². The van der Waals surface area contributed by atoms with Crippen molar-refractivity contribution in [2.75, 3.05) is 18.4 Å². The highest BCUT2D eigenvalue weighted by Gasteiger charge is 2.38. The molecule has 0 radical (unpaired) electrons. The summed E-state index contributed by atoms with van der Waals surface area (Å²) in [5, 5.41) is 23.2. The number of carboxylic acid groups (broad SMARTS) is 1. The van der Waals surface area contributed by atoms with Crippen molar-refractivity contribution in [2.24, 2.45) is 0 Å². The third-order valence-corrected chi connectivity index (χ3v) is 6.09. The molecule has 10 nitrogen and oxygen atoms in total. The zero-order valence-electron chi connectivity index (χ0n) is 21.2. The first kappa shape index (κ1) is 30.1. The van der Waals surface area contributed by atoms with Crippen LogP contribution in [0, 0.1) is 0 Å². The van der Waals surface area contributed by atoms with Crippen LogP contribution >= 0.6 is 0 Å². The third-order valence-electron chi connectivity index (χ3n) is 6.09. The highest BCUT2D eigenvalue weighted by Crippen LogP contribution is 2.41. The van der Waals surface area contributed by atoms with Gasteiger partial charge in [-0.15, -0.1) is 13.2 Å².